The van der Waals surface area contributed by atoms with Crippen molar-refractivity contribution in [2.75, 3.05) is 4.90 Å². The molecule has 4 heterocycles. The predicted octanol–water partition coefficient (Wildman–Crippen LogP) is 7.47. The third-order valence-electron chi connectivity index (χ3n) is 8.71. The first-order valence-corrected chi connectivity index (χ1v) is 13.2. The number of nitrogens with zero attached hydrogens (tertiary/aromatic N) is 2. The van der Waals surface area contributed by atoms with Gasteiger partial charge in [-0.05, 0) is 52.2 Å². The number of para-hydroxylation sites is 5. The van der Waals surface area contributed by atoms with Gasteiger partial charge in [0, 0.05) is 32.8 Å². The van der Waals surface area contributed by atoms with Gasteiger partial charge in [-0.1, -0.05) is 84.9 Å². The van der Waals surface area contributed by atoms with Gasteiger partial charge in [-0.3, -0.25) is 0 Å². The molecular weight excluding hydrogens is 463 g/mol. The number of ether oxygens (including phenoxy) is 1. The summed E-state index contributed by atoms with van der Waals surface area (Å²) >= 11 is 0. The van der Waals surface area contributed by atoms with Gasteiger partial charge in [0.1, 0.15) is 0 Å². The van der Waals surface area contributed by atoms with Crippen molar-refractivity contribution in [3.8, 4) is 22.6 Å². The Hall–Kier alpha value is -4.96. The van der Waals surface area contributed by atoms with E-state index in [0.717, 1.165) is 22.9 Å². The summed E-state index contributed by atoms with van der Waals surface area (Å²) < 4.78 is 9.14. The van der Waals surface area contributed by atoms with E-state index in [2.05, 4.69) is 125 Å². The molecule has 10 rings (SSSR count). The molecular formula is C34H19BN2O. The summed E-state index contributed by atoms with van der Waals surface area (Å²) in [6.07, 6.45) is 0. The highest BCUT2D eigenvalue weighted by molar-refractivity contribution is 6.90. The molecule has 0 unspecified atom stereocenters. The van der Waals surface area contributed by atoms with Crippen molar-refractivity contribution in [1.82, 2.24) is 4.48 Å². The molecule has 0 spiro atoms. The van der Waals surface area contributed by atoms with Gasteiger partial charge in [0.25, 0.3) is 0 Å². The van der Waals surface area contributed by atoms with Crippen molar-refractivity contribution in [2.45, 2.75) is 0 Å². The Morgan fingerprint density at radius 2 is 1.34 bits per heavy atom. The van der Waals surface area contributed by atoms with Crippen LogP contribution in [0.25, 0.3) is 43.7 Å². The zero-order valence-electron chi connectivity index (χ0n) is 20.3. The maximum absolute atomic E-state index is 6.55. The maximum Gasteiger partial charge on any atom is 0.333 e. The van der Waals surface area contributed by atoms with Crippen LogP contribution >= 0.6 is 0 Å². The molecule has 3 aliphatic heterocycles. The zero-order valence-corrected chi connectivity index (χ0v) is 20.3. The molecule has 1 aromatic heterocycles. The second kappa shape index (κ2) is 6.48. The van der Waals surface area contributed by atoms with E-state index >= 15 is 0 Å². The van der Waals surface area contributed by atoms with Gasteiger partial charge in [0.05, 0.1) is 17.1 Å². The molecule has 38 heavy (non-hydrogen) atoms. The number of rotatable bonds is 0. The minimum absolute atomic E-state index is 0.0435. The first kappa shape index (κ1) is 19.2. The monoisotopic (exact) mass is 482 g/mol. The lowest BCUT2D eigenvalue weighted by atomic mass is 9.44. The Balaban J connectivity index is 1.49. The number of fused-ring (bicyclic) bond motifs is 11. The molecule has 0 atom stereocenters. The quantitative estimate of drug-likeness (QED) is 0.209. The molecule has 3 nitrogen and oxygen atoms in total. The summed E-state index contributed by atoms with van der Waals surface area (Å²) in [4.78, 5) is 2.47. The average molecular weight is 482 g/mol. The van der Waals surface area contributed by atoms with Crippen molar-refractivity contribution in [2.24, 2.45) is 0 Å². The average Bonchev–Trinajstić information content (AvgIpc) is 3.31. The predicted molar refractivity (Wildman–Crippen MR) is 158 cm³/mol. The van der Waals surface area contributed by atoms with Crippen molar-refractivity contribution in [3.05, 3.63) is 115 Å². The van der Waals surface area contributed by atoms with Crippen LogP contribution < -0.4 is 20.6 Å². The fourth-order valence-corrected chi connectivity index (χ4v) is 7.33. The fraction of sp³-hybridized carbons (Fsp3) is 0. The van der Waals surface area contributed by atoms with Crippen LogP contribution in [0.1, 0.15) is 0 Å². The molecule has 0 saturated heterocycles. The second-order valence-electron chi connectivity index (χ2n) is 10.5. The molecule has 6 aromatic carbocycles. The third-order valence-corrected chi connectivity index (χ3v) is 8.71. The first-order chi connectivity index (χ1) is 18.9. The van der Waals surface area contributed by atoms with E-state index < -0.39 is 0 Å². The maximum atomic E-state index is 6.55. The van der Waals surface area contributed by atoms with Gasteiger partial charge in [-0.2, -0.15) is 0 Å². The largest absolute Gasteiger partial charge is 0.453 e. The van der Waals surface area contributed by atoms with E-state index in [1.807, 2.05) is 0 Å². The van der Waals surface area contributed by atoms with E-state index in [1.165, 1.54) is 60.3 Å². The highest BCUT2D eigenvalue weighted by atomic mass is 16.5. The molecule has 7 aromatic rings. The minimum Gasteiger partial charge on any atom is -0.453 e. The van der Waals surface area contributed by atoms with Crippen LogP contribution in [0.2, 0.25) is 0 Å². The SMILES string of the molecule is c1ccc2c(c1)Oc1cccc3c1N2c1c2c(cc4ccccc14)-c1cccc4c5ccccc5n(c14)B32. The van der Waals surface area contributed by atoms with Gasteiger partial charge >= 0.3 is 6.85 Å². The number of hydrogen-bond donors (Lipinski definition) is 0. The van der Waals surface area contributed by atoms with Gasteiger partial charge in [-0.25, -0.2) is 0 Å². The molecule has 4 heteroatoms. The van der Waals surface area contributed by atoms with E-state index in [-0.39, 0.29) is 6.85 Å². The van der Waals surface area contributed by atoms with E-state index in [9.17, 15) is 0 Å². The molecule has 0 radical (unpaired) electrons. The highest BCUT2D eigenvalue weighted by Crippen LogP contribution is 2.54. The number of aromatic nitrogens is 1. The first-order valence-electron chi connectivity index (χ1n) is 13.2. The Morgan fingerprint density at radius 3 is 2.32 bits per heavy atom. The molecule has 0 saturated carbocycles. The zero-order chi connectivity index (χ0) is 24.5. The van der Waals surface area contributed by atoms with Crippen LogP contribution in [-0.2, 0) is 0 Å². The summed E-state index contributed by atoms with van der Waals surface area (Å²) in [5, 5.41) is 5.14. The Kier molecular flexibility index (Phi) is 3.27. The summed E-state index contributed by atoms with van der Waals surface area (Å²) in [5.74, 6) is 1.80. The van der Waals surface area contributed by atoms with Crippen LogP contribution in [0.3, 0.4) is 0 Å². The van der Waals surface area contributed by atoms with E-state index in [4.69, 9.17) is 4.74 Å². The summed E-state index contributed by atoms with van der Waals surface area (Å²) in [7, 11) is 0. The lowest BCUT2D eigenvalue weighted by Crippen LogP contribution is -2.57. The van der Waals surface area contributed by atoms with Crippen LogP contribution in [0.5, 0.6) is 11.5 Å². The summed E-state index contributed by atoms with van der Waals surface area (Å²) in [6, 6.07) is 41.9. The lowest BCUT2D eigenvalue weighted by Gasteiger charge is -2.43. The number of hydrogen-bond acceptors (Lipinski definition) is 2. The Labute approximate surface area is 219 Å². The molecule has 0 bridgehead atoms. The number of anilines is 3. The Bertz CT molecular complexity index is 2190. The molecule has 3 aliphatic rings. The van der Waals surface area contributed by atoms with Gasteiger partial charge in [0.2, 0.25) is 0 Å². The fourth-order valence-electron chi connectivity index (χ4n) is 7.33. The molecule has 0 amide bonds. The van der Waals surface area contributed by atoms with Crippen LogP contribution in [0.15, 0.2) is 115 Å². The topological polar surface area (TPSA) is 17.4 Å². The smallest absolute Gasteiger partial charge is 0.333 e. The standard InChI is InChI=1S/C34H19BN2O/c1-2-10-21-20(9-1)19-25-24-13-7-12-23-22-11-3-4-15-27(22)37(32(23)24)35-26-14-8-18-30-34(26)36(33(21)31(25)35)28-16-5-6-17-29(28)38-30/h1-19H. The van der Waals surface area contributed by atoms with Gasteiger partial charge in [-0.15, -0.1) is 0 Å². The molecule has 0 aliphatic carbocycles. The number of benzene rings is 6. The minimum atomic E-state index is 0.0435. The second-order valence-corrected chi connectivity index (χ2v) is 10.5. The van der Waals surface area contributed by atoms with Crippen molar-refractivity contribution in [1.29, 1.82) is 0 Å². The van der Waals surface area contributed by atoms with Crippen molar-refractivity contribution in [3.63, 3.8) is 0 Å². The normalized spacial score (nSPS) is 13.9. The molecule has 174 valence electrons. The Morgan fingerprint density at radius 1 is 0.579 bits per heavy atom. The van der Waals surface area contributed by atoms with Crippen molar-refractivity contribution < 1.29 is 4.74 Å². The van der Waals surface area contributed by atoms with E-state index in [0.29, 0.717) is 0 Å². The molecule has 0 N–H and O–H groups in total. The lowest BCUT2D eigenvalue weighted by molar-refractivity contribution is 0.477. The van der Waals surface area contributed by atoms with Crippen LogP contribution in [-0.4, -0.2) is 11.3 Å². The van der Waals surface area contributed by atoms with Gasteiger partial charge < -0.3 is 14.1 Å². The van der Waals surface area contributed by atoms with Crippen LogP contribution in [0, 0.1) is 0 Å². The third kappa shape index (κ3) is 2.08. The van der Waals surface area contributed by atoms with Crippen molar-refractivity contribution >= 4 is 67.4 Å². The van der Waals surface area contributed by atoms with E-state index in [1.54, 1.807) is 0 Å². The highest BCUT2D eigenvalue weighted by Gasteiger charge is 2.46. The molecule has 0 fully saturated rings. The summed E-state index contributed by atoms with van der Waals surface area (Å²) in [5.41, 5.74) is 11.4. The van der Waals surface area contributed by atoms with Gasteiger partial charge in [0.15, 0.2) is 11.5 Å². The van der Waals surface area contributed by atoms with Crippen LogP contribution in [0.4, 0.5) is 17.1 Å². The summed E-state index contributed by atoms with van der Waals surface area (Å²) in [6.45, 7) is 0.0435.